The second kappa shape index (κ2) is 15.7. The Labute approximate surface area is 58.5 Å². The fraction of sp³-hybridized carbons (Fsp3) is 0.667. The van der Waals surface area contributed by atoms with Crippen molar-refractivity contribution in [2.75, 3.05) is 0 Å². The van der Waals surface area contributed by atoms with Gasteiger partial charge in [-0.15, -0.1) is 0 Å². The fourth-order valence-electron chi connectivity index (χ4n) is 0. The predicted octanol–water partition coefficient (Wildman–Crippen LogP) is 2.11. The molecule has 5 heteroatoms. The number of hydrogen-bond acceptors (Lipinski definition) is 0. The van der Waals surface area contributed by atoms with Gasteiger partial charge in [0.1, 0.15) is 0 Å². The molecule has 8 heavy (non-hydrogen) atoms. The predicted molar refractivity (Wildman–Crippen MR) is 24.7 cm³/mol. The molecule has 0 aliphatic carbocycles. The van der Waals surface area contributed by atoms with Crippen LogP contribution in [0.25, 0.3) is 0 Å². The van der Waals surface area contributed by atoms with Gasteiger partial charge in [0, 0.05) is 0 Å². The zero-order valence-corrected chi connectivity index (χ0v) is 5.53. The van der Waals surface area contributed by atoms with E-state index < -0.39 is 7.54 Å². The molecule has 0 spiro atoms. The van der Waals surface area contributed by atoms with Crippen molar-refractivity contribution in [3.05, 3.63) is 6.42 Å². The van der Waals surface area contributed by atoms with E-state index in [0.717, 1.165) is 0 Å². The molecule has 0 aliphatic heterocycles. The maximum absolute atomic E-state index is 9.67. The van der Waals surface area contributed by atoms with Crippen LogP contribution in [0.15, 0.2) is 0 Å². The first-order valence-corrected chi connectivity index (χ1v) is 1.81. The van der Waals surface area contributed by atoms with E-state index in [1.165, 1.54) is 0 Å². The molecule has 0 atom stereocenters. The minimum absolute atomic E-state index is 0. The summed E-state index contributed by atoms with van der Waals surface area (Å²) >= 11 is 0. The topological polar surface area (TPSA) is 0 Å². The molecule has 0 saturated carbocycles. The maximum atomic E-state index is 9.67. The molecular weight excluding hydrogens is 167 g/mol. The second-order valence-electron chi connectivity index (χ2n) is 0.825. The number of hydrogen-bond donors (Lipinski definition) is 0. The molecule has 54 valence electrons. The van der Waals surface area contributed by atoms with Gasteiger partial charge in [-0.05, 0) is 0 Å². The van der Waals surface area contributed by atoms with Crippen LogP contribution in [0, 0.1) is 6.42 Å². The monoisotopic (exact) mass is 174 g/mol. The van der Waals surface area contributed by atoms with E-state index in [1.54, 1.807) is 0 Å². The Morgan fingerprint density at radius 3 is 1.12 bits per heavy atom. The zero-order chi connectivity index (χ0) is 6.28. The summed E-state index contributed by atoms with van der Waals surface area (Å²) in [6.45, 7) is 4.00. The molecule has 0 aromatic heterocycles. The van der Waals surface area contributed by atoms with E-state index in [1.807, 2.05) is 20.3 Å². The minimum atomic E-state index is -3.67. The molecule has 0 saturated heterocycles. The van der Waals surface area contributed by atoms with Crippen LogP contribution in [-0.2, 0) is 17.1 Å². The second-order valence-corrected chi connectivity index (χ2v) is 0.825. The van der Waals surface area contributed by atoms with Crippen molar-refractivity contribution in [3.8, 4) is 0 Å². The molecule has 0 radical (unpaired) electrons. The number of halogens is 3. The van der Waals surface area contributed by atoms with Crippen molar-refractivity contribution in [1.29, 1.82) is 0 Å². The fourth-order valence-corrected chi connectivity index (χ4v) is 0. The normalized spacial score (nSPS) is 5.62. The SMILES string of the molecule is C[CH-]C.FB(F)F.[Cu+]. The van der Waals surface area contributed by atoms with Gasteiger partial charge in [-0.2, -0.15) is 13.8 Å². The molecule has 0 aromatic carbocycles. The molecule has 0 fully saturated rings. The third-order valence-electron chi connectivity index (χ3n) is 0. The molecule has 0 aliphatic rings. The van der Waals surface area contributed by atoms with Crippen molar-refractivity contribution >= 4 is 7.54 Å². The Balaban J connectivity index is -0.0000000575. The van der Waals surface area contributed by atoms with Crippen molar-refractivity contribution < 1.29 is 30.0 Å². The Morgan fingerprint density at radius 2 is 1.12 bits per heavy atom. The van der Waals surface area contributed by atoms with Crippen LogP contribution in [0.1, 0.15) is 13.8 Å². The first kappa shape index (κ1) is 15.8. The average molecular weight is 174 g/mol. The first-order chi connectivity index (χ1) is 3.15. The van der Waals surface area contributed by atoms with Crippen molar-refractivity contribution in [1.82, 2.24) is 0 Å². The molecule has 0 rings (SSSR count). The Kier molecular flexibility index (Phi) is 30.9. The third kappa shape index (κ3) is 1310. The van der Waals surface area contributed by atoms with Gasteiger partial charge in [0.25, 0.3) is 0 Å². The minimum Gasteiger partial charge on any atom is -0.335 e. The van der Waals surface area contributed by atoms with E-state index in [-0.39, 0.29) is 17.1 Å². The number of rotatable bonds is 0. The summed E-state index contributed by atoms with van der Waals surface area (Å²) in [5, 5.41) is 0. The molecule has 0 N–H and O–H groups in total. The average Bonchev–Trinajstić information content (AvgIpc) is 1.33. The van der Waals surface area contributed by atoms with Crippen LogP contribution < -0.4 is 0 Å². The van der Waals surface area contributed by atoms with Gasteiger partial charge in [-0.3, -0.25) is 12.9 Å². The van der Waals surface area contributed by atoms with E-state index >= 15 is 0 Å². The summed E-state index contributed by atoms with van der Waals surface area (Å²) in [6.07, 6.45) is 2.00. The van der Waals surface area contributed by atoms with Crippen LogP contribution in [0.5, 0.6) is 0 Å². The molecule has 0 unspecified atom stereocenters. The molecule has 0 heterocycles. The summed E-state index contributed by atoms with van der Waals surface area (Å²) in [5.41, 5.74) is 0. The standard InChI is InChI=1S/C3H7.BF3.Cu/c1-3-2;2-1(3)4;/h3H,1-2H3;;/q-1;;+1. The Morgan fingerprint density at radius 1 is 1.12 bits per heavy atom. The van der Waals surface area contributed by atoms with Gasteiger partial charge in [-0.1, -0.05) is 0 Å². The molecule has 0 bridgehead atoms. The van der Waals surface area contributed by atoms with Gasteiger partial charge in [0.15, 0.2) is 0 Å². The zero-order valence-electron chi connectivity index (χ0n) is 4.59. The van der Waals surface area contributed by atoms with Crippen molar-refractivity contribution in [3.63, 3.8) is 0 Å². The van der Waals surface area contributed by atoms with E-state index in [4.69, 9.17) is 0 Å². The largest absolute Gasteiger partial charge is 1.00 e. The molecular formula is C3H7BCuF3. The summed E-state index contributed by atoms with van der Waals surface area (Å²) in [5.74, 6) is 0. The van der Waals surface area contributed by atoms with E-state index in [2.05, 4.69) is 0 Å². The summed E-state index contributed by atoms with van der Waals surface area (Å²) in [7, 11) is -3.67. The van der Waals surface area contributed by atoms with Gasteiger partial charge < -0.3 is 6.42 Å². The Hall–Kier alpha value is 0.374. The quantitative estimate of drug-likeness (QED) is 0.390. The molecule has 0 amide bonds. The van der Waals surface area contributed by atoms with Crippen LogP contribution in [-0.4, -0.2) is 7.54 Å². The molecule has 0 nitrogen and oxygen atoms in total. The Bertz CT molecular complexity index is 25.7. The van der Waals surface area contributed by atoms with Crippen molar-refractivity contribution in [2.24, 2.45) is 0 Å². The van der Waals surface area contributed by atoms with Crippen molar-refractivity contribution in [2.45, 2.75) is 13.8 Å². The van der Waals surface area contributed by atoms with E-state index in [0.29, 0.717) is 0 Å². The first-order valence-electron chi connectivity index (χ1n) is 1.81. The van der Waals surface area contributed by atoms with Crippen LogP contribution in [0.3, 0.4) is 0 Å². The van der Waals surface area contributed by atoms with Gasteiger partial charge in [0.2, 0.25) is 0 Å². The van der Waals surface area contributed by atoms with Crippen LogP contribution in [0.4, 0.5) is 12.9 Å². The third-order valence-corrected chi connectivity index (χ3v) is 0. The van der Waals surface area contributed by atoms with Crippen LogP contribution in [0.2, 0.25) is 0 Å². The summed E-state index contributed by atoms with van der Waals surface area (Å²) in [4.78, 5) is 0. The van der Waals surface area contributed by atoms with E-state index in [9.17, 15) is 12.9 Å². The van der Waals surface area contributed by atoms with Gasteiger partial charge in [-0.25, -0.2) is 0 Å². The maximum Gasteiger partial charge on any atom is 1.00 e. The van der Waals surface area contributed by atoms with Crippen LogP contribution >= 0.6 is 0 Å². The van der Waals surface area contributed by atoms with Gasteiger partial charge in [0.05, 0.1) is 0 Å². The summed E-state index contributed by atoms with van der Waals surface area (Å²) < 4.78 is 29.0. The summed E-state index contributed by atoms with van der Waals surface area (Å²) in [6, 6.07) is 0. The smallest absolute Gasteiger partial charge is 0.335 e. The van der Waals surface area contributed by atoms with Gasteiger partial charge >= 0.3 is 24.6 Å². The molecule has 0 aromatic rings.